The van der Waals surface area contributed by atoms with Crippen LogP contribution in [0, 0.1) is 6.92 Å². The van der Waals surface area contributed by atoms with Gasteiger partial charge in [0, 0.05) is 70.6 Å². The highest BCUT2D eigenvalue weighted by atomic mass is 16.5. The predicted molar refractivity (Wildman–Crippen MR) is 173 cm³/mol. The molecular weight excluding hydrogens is 574 g/mol. The molecule has 0 atom stereocenters. The van der Waals surface area contributed by atoms with Crippen LogP contribution in [0.5, 0.6) is 5.75 Å². The van der Waals surface area contributed by atoms with Gasteiger partial charge in [-0.2, -0.15) is 0 Å². The lowest BCUT2D eigenvalue weighted by Gasteiger charge is -2.39. The second kappa shape index (κ2) is 17.4. The molecule has 2 aromatic carbocycles. The number of phenols is 1. The molecule has 0 saturated carbocycles. The standard InChI is InChI=1S/C16H21N5O2.C10H18N2O2.C7H8O/c1-2-17-15(22)20-10-8-13(9-11-20)21-16(23)18-14(19-21)12-6-4-3-5-7-12;13-9-11-3-5-12(6-4-11)10-1-7-14-8-2-10;1-6-2-4-7(8)5-3-6/h3-7,13H,2,8-11H2,1H3,(H,17,22)(H,18,19,23);9-10H,1-8H2;2-5,8H,1H3. The summed E-state index contributed by atoms with van der Waals surface area (Å²) in [4.78, 5) is 43.5. The van der Waals surface area contributed by atoms with Gasteiger partial charge in [-0.3, -0.25) is 14.7 Å². The molecule has 0 spiro atoms. The van der Waals surface area contributed by atoms with Crippen molar-refractivity contribution >= 4 is 12.4 Å². The van der Waals surface area contributed by atoms with Crippen molar-refractivity contribution in [2.45, 2.75) is 51.6 Å². The third-order valence-corrected chi connectivity index (χ3v) is 8.35. The van der Waals surface area contributed by atoms with Crippen molar-refractivity contribution in [2.24, 2.45) is 0 Å². The normalized spacial score (nSPS) is 17.8. The van der Waals surface area contributed by atoms with Gasteiger partial charge in [-0.25, -0.2) is 14.3 Å². The van der Waals surface area contributed by atoms with Crippen LogP contribution in [0.15, 0.2) is 59.4 Å². The first-order chi connectivity index (χ1) is 21.9. The Morgan fingerprint density at radius 2 is 1.60 bits per heavy atom. The lowest BCUT2D eigenvalue weighted by Crippen LogP contribution is -2.51. The van der Waals surface area contributed by atoms with E-state index in [9.17, 15) is 14.4 Å². The number of nitrogens with zero attached hydrogens (tertiary/aromatic N) is 5. The molecule has 12 nitrogen and oxygen atoms in total. The van der Waals surface area contributed by atoms with Crippen molar-refractivity contribution in [3.05, 3.63) is 70.6 Å². The number of phenolic OH excluding ortho intramolecular Hbond substituents is 1. The molecule has 6 rings (SSSR count). The largest absolute Gasteiger partial charge is 0.508 e. The van der Waals surface area contributed by atoms with E-state index in [-0.39, 0.29) is 17.8 Å². The SMILES string of the molecule is CCNC(=O)N1CCC(n2nc(-c3ccccc3)[nH]c2=O)CC1.Cc1ccc(O)cc1.O=CN1CCN(C2CCOCC2)CC1. The molecule has 0 radical (unpaired) electrons. The van der Waals surface area contributed by atoms with E-state index in [1.54, 1.807) is 17.0 Å². The van der Waals surface area contributed by atoms with Crippen LogP contribution in [0.1, 0.15) is 44.2 Å². The molecule has 0 bridgehead atoms. The Hall–Kier alpha value is -4.16. The number of piperazine rings is 1. The number of hydrogen-bond acceptors (Lipinski definition) is 7. The quantitative estimate of drug-likeness (QED) is 0.372. The van der Waals surface area contributed by atoms with E-state index < -0.39 is 0 Å². The molecule has 1 aromatic heterocycles. The summed E-state index contributed by atoms with van der Waals surface area (Å²) in [7, 11) is 0. The van der Waals surface area contributed by atoms with Gasteiger partial charge in [0.1, 0.15) is 5.75 Å². The highest BCUT2D eigenvalue weighted by Gasteiger charge is 2.26. The Morgan fingerprint density at radius 3 is 2.18 bits per heavy atom. The van der Waals surface area contributed by atoms with Crippen molar-refractivity contribution in [2.75, 3.05) is 59.0 Å². The molecule has 3 saturated heterocycles. The van der Waals surface area contributed by atoms with Gasteiger partial charge in [-0.15, -0.1) is 5.10 Å². The Kier molecular flexibility index (Phi) is 13.0. The minimum atomic E-state index is -0.194. The van der Waals surface area contributed by atoms with Crippen molar-refractivity contribution in [1.82, 2.24) is 34.8 Å². The van der Waals surface area contributed by atoms with E-state index in [2.05, 4.69) is 20.3 Å². The summed E-state index contributed by atoms with van der Waals surface area (Å²) in [5.74, 6) is 0.914. The average Bonchev–Trinajstić information content (AvgIpc) is 3.49. The monoisotopic (exact) mass is 621 g/mol. The van der Waals surface area contributed by atoms with Gasteiger partial charge >= 0.3 is 11.7 Å². The second-order valence-electron chi connectivity index (χ2n) is 11.5. The molecular formula is C33H47N7O5. The van der Waals surface area contributed by atoms with Gasteiger partial charge in [0.2, 0.25) is 6.41 Å². The summed E-state index contributed by atoms with van der Waals surface area (Å²) in [5, 5.41) is 16.0. The molecule has 3 amide bonds. The van der Waals surface area contributed by atoms with Crippen LogP contribution in [0.2, 0.25) is 0 Å². The van der Waals surface area contributed by atoms with Crippen molar-refractivity contribution in [1.29, 1.82) is 0 Å². The number of aryl methyl sites for hydroxylation is 1. The Bertz CT molecular complexity index is 1340. The van der Waals surface area contributed by atoms with Gasteiger partial charge in [0.05, 0.1) is 6.04 Å². The summed E-state index contributed by atoms with van der Waals surface area (Å²) in [6.45, 7) is 11.4. The van der Waals surface area contributed by atoms with E-state index in [1.807, 2.05) is 61.2 Å². The summed E-state index contributed by atoms with van der Waals surface area (Å²) >= 11 is 0. The fourth-order valence-corrected chi connectivity index (χ4v) is 5.69. The number of carbonyl (C=O) groups excluding carboxylic acids is 2. The molecule has 3 fully saturated rings. The van der Waals surface area contributed by atoms with Crippen molar-refractivity contribution in [3.8, 4) is 17.1 Å². The van der Waals surface area contributed by atoms with Gasteiger partial charge in [-0.1, -0.05) is 48.0 Å². The van der Waals surface area contributed by atoms with Crippen LogP contribution in [0.3, 0.4) is 0 Å². The molecule has 0 unspecified atom stereocenters. The second-order valence-corrected chi connectivity index (χ2v) is 11.5. The number of aromatic amines is 1. The highest BCUT2D eigenvalue weighted by Crippen LogP contribution is 2.22. The van der Waals surface area contributed by atoms with E-state index in [0.29, 0.717) is 37.3 Å². The topological polar surface area (TPSA) is 136 Å². The lowest BCUT2D eigenvalue weighted by molar-refractivity contribution is -0.120. The highest BCUT2D eigenvalue weighted by molar-refractivity contribution is 5.74. The molecule has 4 heterocycles. The zero-order valence-electron chi connectivity index (χ0n) is 26.4. The van der Waals surface area contributed by atoms with E-state index in [0.717, 1.165) is 77.0 Å². The number of carbonyl (C=O) groups is 2. The summed E-state index contributed by atoms with van der Waals surface area (Å²) in [6.07, 6.45) is 4.73. The van der Waals surface area contributed by atoms with Gasteiger partial charge in [0.15, 0.2) is 5.82 Å². The maximum Gasteiger partial charge on any atom is 0.343 e. The zero-order chi connectivity index (χ0) is 32.0. The van der Waals surface area contributed by atoms with Gasteiger partial charge < -0.3 is 25.0 Å². The number of benzene rings is 2. The minimum Gasteiger partial charge on any atom is -0.508 e. The number of ether oxygens (including phenoxy) is 1. The van der Waals surface area contributed by atoms with Crippen LogP contribution < -0.4 is 11.0 Å². The number of H-pyrrole nitrogens is 1. The molecule has 45 heavy (non-hydrogen) atoms. The van der Waals surface area contributed by atoms with E-state index in [1.165, 1.54) is 10.2 Å². The fourth-order valence-electron chi connectivity index (χ4n) is 5.69. The number of amides is 3. The maximum atomic E-state index is 12.2. The van der Waals surface area contributed by atoms with E-state index in [4.69, 9.17) is 9.84 Å². The summed E-state index contributed by atoms with van der Waals surface area (Å²) in [6, 6.07) is 17.4. The number of piperidine rings is 1. The Labute approximate surface area is 265 Å². The summed E-state index contributed by atoms with van der Waals surface area (Å²) < 4.78 is 6.86. The Morgan fingerprint density at radius 1 is 0.956 bits per heavy atom. The van der Waals surface area contributed by atoms with Crippen molar-refractivity contribution in [3.63, 3.8) is 0 Å². The molecule has 244 valence electrons. The van der Waals surface area contributed by atoms with Gasteiger partial charge in [0.25, 0.3) is 0 Å². The zero-order valence-corrected chi connectivity index (χ0v) is 26.4. The number of urea groups is 1. The summed E-state index contributed by atoms with van der Waals surface area (Å²) in [5.41, 5.74) is 1.87. The van der Waals surface area contributed by atoms with Crippen LogP contribution in [-0.4, -0.2) is 112 Å². The third kappa shape index (κ3) is 10.2. The molecule has 12 heteroatoms. The predicted octanol–water partition coefficient (Wildman–Crippen LogP) is 3.24. The minimum absolute atomic E-state index is 0.0295. The van der Waals surface area contributed by atoms with Crippen molar-refractivity contribution < 1.29 is 19.4 Å². The first-order valence-electron chi connectivity index (χ1n) is 15.9. The molecule has 3 N–H and O–H groups in total. The number of aromatic hydroxyl groups is 1. The lowest BCUT2D eigenvalue weighted by atomic mass is 10.1. The Balaban J connectivity index is 0.000000176. The molecule has 3 aliphatic rings. The van der Waals surface area contributed by atoms with Crippen LogP contribution in [-0.2, 0) is 9.53 Å². The molecule has 0 aliphatic carbocycles. The maximum absolute atomic E-state index is 12.2. The van der Waals surface area contributed by atoms with Crippen LogP contribution in [0.25, 0.3) is 11.4 Å². The van der Waals surface area contributed by atoms with Crippen LogP contribution >= 0.6 is 0 Å². The number of likely N-dealkylation sites (tertiary alicyclic amines) is 1. The molecule has 3 aliphatic heterocycles. The fraction of sp³-hybridized carbons (Fsp3) is 0.515. The van der Waals surface area contributed by atoms with Crippen LogP contribution in [0.4, 0.5) is 4.79 Å². The third-order valence-electron chi connectivity index (χ3n) is 8.35. The number of hydrogen-bond donors (Lipinski definition) is 3. The molecule has 3 aromatic rings. The first kappa shape index (κ1) is 33.7. The smallest absolute Gasteiger partial charge is 0.343 e. The number of aromatic nitrogens is 3. The van der Waals surface area contributed by atoms with Gasteiger partial charge in [-0.05, 0) is 51.7 Å². The number of nitrogens with one attached hydrogen (secondary N) is 2. The first-order valence-corrected chi connectivity index (χ1v) is 15.9. The number of rotatable bonds is 5. The van der Waals surface area contributed by atoms with E-state index >= 15 is 0 Å². The average molecular weight is 622 g/mol.